The van der Waals surface area contributed by atoms with E-state index in [0.717, 1.165) is 0 Å². The lowest BCUT2D eigenvalue weighted by molar-refractivity contribution is -0.120. The number of halogens is 1. The van der Waals surface area contributed by atoms with Gasteiger partial charge in [-0.1, -0.05) is 12.1 Å². The van der Waals surface area contributed by atoms with Gasteiger partial charge in [0.1, 0.15) is 6.26 Å². The number of furan rings is 1. The average Bonchev–Trinajstić information content (AvgIpc) is 3.17. The number of methoxy groups -OCH3 is 1. The topological polar surface area (TPSA) is 102 Å². The maximum absolute atomic E-state index is 13.6. The smallest absolute Gasteiger partial charge is 0.259 e. The summed E-state index contributed by atoms with van der Waals surface area (Å²) in [5.41, 5.74) is 3.23. The van der Waals surface area contributed by atoms with Crippen molar-refractivity contribution < 1.29 is 27.9 Å². The number of hydrogen-bond donors (Lipinski definition) is 2. The number of para-hydroxylation sites is 1. The second kappa shape index (κ2) is 9.55. The lowest BCUT2D eigenvalue weighted by Gasteiger charge is -2.11. The van der Waals surface area contributed by atoms with Crippen LogP contribution in [0.15, 0.2) is 52.2 Å². The summed E-state index contributed by atoms with van der Waals surface area (Å²) < 4.78 is 29.4. The molecule has 0 atom stereocenters. The van der Waals surface area contributed by atoms with E-state index in [1.54, 1.807) is 24.3 Å². The largest absolute Gasteiger partial charge is 0.493 e. The van der Waals surface area contributed by atoms with E-state index >= 15 is 0 Å². The molecule has 0 aliphatic heterocycles. The first-order chi connectivity index (χ1) is 14.5. The Hall–Kier alpha value is -3.88. The zero-order valence-electron chi connectivity index (χ0n) is 16.4. The molecule has 3 rings (SSSR count). The second-order valence-electron chi connectivity index (χ2n) is 6.08. The van der Waals surface area contributed by atoms with Gasteiger partial charge in [0.2, 0.25) is 0 Å². The minimum absolute atomic E-state index is 0.114. The Morgan fingerprint density at radius 3 is 2.83 bits per heavy atom. The molecule has 156 valence electrons. The van der Waals surface area contributed by atoms with Crippen molar-refractivity contribution >= 4 is 29.0 Å². The summed E-state index contributed by atoms with van der Waals surface area (Å²) in [7, 11) is 1.47. The van der Waals surface area contributed by atoms with Crippen LogP contribution in [0.1, 0.15) is 22.8 Å². The van der Waals surface area contributed by atoms with E-state index in [1.165, 1.54) is 31.7 Å². The van der Waals surface area contributed by atoms with Crippen LogP contribution in [0, 0.1) is 5.82 Å². The Balaban J connectivity index is 1.54. The standard InChI is InChI=1S/C21H20FN3O5/c1-3-29-17-8-7-13(9-18(17)28-2)21(27)23-11-19(26)25-24-10-14-12-30-20-15(14)5-4-6-16(20)22/h4-10,12H,3,11H2,1-2H3,(H,23,27)(H,25,26)/b24-10+. The fraction of sp³-hybridized carbons (Fsp3) is 0.190. The highest BCUT2D eigenvalue weighted by Crippen LogP contribution is 2.28. The highest BCUT2D eigenvalue weighted by Gasteiger charge is 2.12. The van der Waals surface area contributed by atoms with Crippen LogP contribution in [0.25, 0.3) is 11.0 Å². The van der Waals surface area contributed by atoms with Gasteiger partial charge in [-0.15, -0.1) is 0 Å². The van der Waals surface area contributed by atoms with Gasteiger partial charge in [0.25, 0.3) is 11.8 Å². The third-order valence-corrected chi connectivity index (χ3v) is 4.11. The first-order valence-electron chi connectivity index (χ1n) is 9.10. The first kappa shape index (κ1) is 20.8. The maximum atomic E-state index is 13.6. The minimum Gasteiger partial charge on any atom is -0.493 e. The molecule has 0 aliphatic rings. The number of hydrogen-bond acceptors (Lipinski definition) is 6. The van der Waals surface area contributed by atoms with Crippen LogP contribution in [0.4, 0.5) is 4.39 Å². The zero-order valence-corrected chi connectivity index (χ0v) is 16.4. The number of carbonyl (C=O) groups excluding carboxylic acids is 2. The van der Waals surface area contributed by atoms with Crippen molar-refractivity contribution in [3.8, 4) is 11.5 Å². The highest BCUT2D eigenvalue weighted by atomic mass is 19.1. The quantitative estimate of drug-likeness (QED) is 0.437. The average molecular weight is 413 g/mol. The lowest BCUT2D eigenvalue weighted by atomic mass is 10.2. The van der Waals surface area contributed by atoms with Crippen molar-refractivity contribution in [2.75, 3.05) is 20.3 Å². The summed E-state index contributed by atoms with van der Waals surface area (Å²) >= 11 is 0. The third-order valence-electron chi connectivity index (χ3n) is 4.11. The molecule has 1 heterocycles. The fourth-order valence-electron chi connectivity index (χ4n) is 2.70. The van der Waals surface area contributed by atoms with E-state index in [4.69, 9.17) is 13.9 Å². The number of fused-ring (bicyclic) bond motifs is 1. The molecular weight excluding hydrogens is 393 g/mol. The van der Waals surface area contributed by atoms with E-state index in [0.29, 0.717) is 34.6 Å². The van der Waals surface area contributed by atoms with E-state index in [2.05, 4.69) is 15.8 Å². The summed E-state index contributed by atoms with van der Waals surface area (Å²) in [5, 5.41) is 6.83. The van der Waals surface area contributed by atoms with Gasteiger partial charge >= 0.3 is 0 Å². The van der Waals surface area contributed by atoms with Gasteiger partial charge in [0, 0.05) is 16.5 Å². The number of amides is 2. The molecule has 8 nitrogen and oxygen atoms in total. The van der Waals surface area contributed by atoms with Crippen molar-refractivity contribution in [3.05, 3.63) is 59.6 Å². The van der Waals surface area contributed by atoms with Crippen LogP contribution in [0.5, 0.6) is 11.5 Å². The number of ether oxygens (including phenoxy) is 2. The van der Waals surface area contributed by atoms with E-state index < -0.39 is 17.6 Å². The van der Waals surface area contributed by atoms with E-state index in [1.807, 2.05) is 6.92 Å². The number of nitrogens with one attached hydrogen (secondary N) is 2. The number of hydrazone groups is 1. The number of nitrogens with zero attached hydrogens (tertiary/aromatic N) is 1. The lowest BCUT2D eigenvalue weighted by Crippen LogP contribution is -2.34. The van der Waals surface area contributed by atoms with Crippen LogP contribution in [0.2, 0.25) is 0 Å². The van der Waals surface area contributed by atoms with Crippen LogP contribution in [-0.2, 0) is 4.79 Å². The van der Waals surface area contributed by atoms with Crippen molar-refractivity contribution in [3.63, 3.8) is 0 Å². The van der Waals surface area contributed by atoms with Crippen LogP contribution >= 0.6 is 0 Å². The van der Waals surface area contributed by atoms with Gasteiger partial charge < -0.3 is 19.2 Å². The fourth-order valence-corrected chi connectivity index (χ4v) is 2.70. The van der Waals surface area contributed by atoms with Crippen LogP contribution < -0.4 is 20.2 Å². The summed E-state index contributed by atoms with van der Waals surface area (Å²) in [4.78, 5) is 24.2. The van der Waals surface area contributed by atoms with Gasteiger partial charge in [-0.3, -0.25) is 9.59 Å². The van der Waals surface area contributed by atoms with Gasteiger partial charge in [-0.05, 0) is 31.2 Å². The highest BCUT2D eigenvalue weighted by molar-refractivity contribution is 5.99. The summed E-state index contributed by atoms with van der Waals surface area (Å²) in [6.45, 7) is 2.02. The Morgan fingerprint density at radius 2 is 2.07 bits per heavy atom. The molecule has 0 radical (unpaired) electrons. The number of benzene rings is 2. The first-order valence-corrected chi connectivity index (χ1v) is 9.10. The molecule has 0 bridgehead atoms. The molecule has 2 N–H and O–H groups in total. The van der Waals surface area contributed by atoms with Crippen molar-refractivity contribution in [1.82, 2.24) is 10.7 Å². The van der Waals surface area contributed by atoms with E-state index in [9.17, 15) is 14.0 Å². The second-order valence-corrected chi connectivity index (χ2v) is 6.08. The van der Waals surface area contributed by atoms with Crippen LogP contribution in [-0.4, -0.2) is 38.3 Å². The Morgan fingerprint density at radius 1 is 1.23 bits per heavy atom. The number of carbonyl (C=O) groups is 2. The van der Waals surface area contributed by atoms with E-state index in [-0.39, 0.29) is 12.1 Å². The molecule has 0 saturated carbocycles. The molecule has 0 spiro atoms. The molecule has 2 amide bonds. The van der Waals surface area contributed by atoms with Crippen molar-refractivity contribution in [2.45, 2.75) is 6.92 Å². The van der Waals surface area contributed by atoms with Crippen LogP contribution in [0.3, 0.4) is 0 Å². The summed E-state index contributed by atoms with van der Waals surface area (Å²) in [6, 6.07) is 9.24. The molecule has 3 aromatic rings. The molecule has 0 fully saturated rings. The SMILES string of the molecule is CCOc1ccc(C(=O)NCC(=O)N/N=C/c2coc3c(F)cccc23)cc1OC. The molecule has 0 aliphatic carbocycles. The molecule has 2 aromatic carbocycles. The maximum Gasteiger partial charge on any atom is 0.259 e. The minimum atomic E-state index is -0.531. The normalized spacial score (nSPS) is 10.9. The zero-order chi connectivity index (χ0) is 21.5. The Kier molecular flexibility index (Phi) is 6.63. The third kappa shape index (κ3) is 4.75. The molecule has 30 heavy (non-hydrogen) atoms. The van der Waals surface area contributed by atoms with Gasteiger partial charge in [0.05, 0.1) is 26.5 Å². The van der Waals surface area contributed by atoms with Gasteiger partial charge in [-0.2, -0.15) is 5.10 Å². The van der Waals surface area contributed by atoms with Crippen molar-refractivity contribution in [2.24, 2.45) is 5.10 Å². The predicted octanol–water partition coefficient (Wildman–Crippen LogP) is 2.86. The monoisotopic (exact) mass is 413 g/mol. The molecule has 9 heteroatoms. The van der Waals surface area contributed by atoms with Crippen molar-refractivity contribution in [1.29, 1.82) is 0 Å². The Bertz CT molecular complexity index is 1090. The molecule has 1 aromatic heterocycles. The Labute approximate surface area is 171 Å². The van der Waals surface area contributed by atoms with Gasteiger partial charge in [0.15, 0.2) is 22.9 Å². The molecule has 0 unspecified atom stereocenters. The predicted molar refractivity (Wildman–Crippen MR) is 108 cm³/mol. The number of rotatable bonds is 8. The molecular formula is C21H20FN3O5. The summed E-state index contributed by atoms with van der Waals surface area (Å²) in [5.74, 6) is -0.523. The molecule has 0 saturated heterocycles. The van der Waals surface area contributed by atoms with Gasteiger partial charge in [-0.25, -0.2) is 9.82 Å². The summed E-state index contributed by atoms with van der Waals surface area (Å²) in [6.07, 6.45) is 2.67.